The topological polar surface area (TPSA) is 95.6 Å². The highest BCUT2D eigenvalue weighted by Gasteiger charge is 2.20. The Morgan fingerprint density at radius 2 is 2.13 bits per heavy atom. The molecule has 0 aliphatic heterocycles. The number of anilines is 1. The van der Waals surface area contributed by atoms with Crippen molar-refractivity contribution < 1.29 is 4.52 Å². The first kappa shape index (κ1) is 9.63. The summed E-state index contributed by atoms with van der Waals surface area (Å²) in [6.07, 6.45) is 0. The molecule has 0 bridgehead atoms. The smallest absolute Gasteiger partial charge is 0.240 e. The molecule has 7 nitrogen and oxygen atoms in total. The Morgan fingerprint density at radius 1 is 1.40 bits per heavy atom. The summed E-state index contributed by atoms with van der Waals surface area (Å²) in [5, 5.41) is 14.8. The molecule has 0 fully saturated rings. The Kier molecular flexibility index (Phi) is 2.14. The molecule has 15 heavy (non-hydrogen) atoms. The molecule has 0 aliphatic rings. The highest BCUT2D eigenvalue weighted by molar-refractivity contribution is 5.27. The Bertz CT molecular complexity index is 454. The van der Waals surface area contributed by atoms with E-state index in [1.807, 2.05) is 20.8 Å². The lowest BCUT2D eigenvalue weighted by Crippen LogP contribution is -2.13. The van der Waals surface area contributed by atoms with Crippen molar-refractivity contribution in [1.29, 1.82) is 0 Å². The third-order valence-corrected chi connectivity index (χ3v) is 2.39. The lowest BCUT2D eigenvalue weighted by atomic mass is 10.1. The van der Waals surface area contributed by atoms with Gasteiger partial charge in [-0.15, -0.1) is 0 Å². The van der Waals surface area contributed by atoms with Crippen LogP contribution in [0, 0.1) is 13.8 Å². The van der Waals surface area contributed by atoms with Crippen LogP contribution in [-0.4, -0.2) is 25.4 Å². The average molecular weight is 208 g/mol. The zero-order valence-electron chi connectivity index (χ0n) is 8.80. The van der Waals surface area contributed by atoms with Gasteiger partial charge in [-0.1, -0.05) is 10.3 Å². The highest BCUT2D eigenvalue weighted by atomic mass is 16.5. The van der Waals surface area contributed by atoms with Crippen molar-refractivity contribution in [3.05, 3.63) is 17.0 Å². The van der Waals surface area contributed by atoms with Crippen molar-refractivity contribution in [1.82, 2.24) is 25.4 Å². The Balaban J connectivity index is 2.45. The summed E-state index contributed by atoms with van der Waals surface area (Å²) in [6.45, 7) is 5.68. The van der Waals surface area contributed by atoms with Crippen molar-refractivity contribution in [2.75, 3.05) is 5.73 Å². The summed E-state index contributed by atoms with van der Waals surface area (Å²) in [7, 11) is 0. The summed E-state index contributed by atoms with van der Waals surface area (Å²) in [6, 6.07) is -0.0775. The third-order valence-electron chi connectivity index (χ3n) is 2.39. The first-order chi connectivity index (χ1) is 7.11. The number of hydrogen-bond acceptors (Lipinski definition) is 6. The molecule has 7 heteroatoms. The van der Waals surface area contributed by atoms with Gasteiger partial charge in [0.15, 0.2) is 0 Å². The van der Waals surface area contributed by atoms with Crippen LogP contribution in [0.1, 0.15) is 30.0 Å². The van der Waals surface area contributed by atoms with Gasteiger partial charge in [0.1, 0.15) is 5.76 Å². The first-order valence-corrected chi connectivity index (χ1v) is 4.57. The second-order valence-electron chi connectivity index (χ2n) is 3.40. The zero-order chi connectivity index (χ0) is 11.0. The van der Waals surface area contributed by atoms with Crippen LogP contribution >= 0.6 is 0 Å². The molecule has 2 aromatic heterocycles. The first-order valence-electron chi connectivity index (χ1n) is 4.57. The van der Waals surface area contributed by atoms with Gasteiger partial charge in [0, 0.05) is 5.56 Å². The molecule has 0 amide bonds. The fourth-order valence-electron chi connectivity index (χ4n) is 1.69. The van der Waals surface area contributed by atoms with Gasteiger partial charge >= 0.3 is 0 Å². The fraction of sp³-hybridized carbons (Fsp3) is 0.500. The fourth-order valence-corrected chi connectivity index (χ4v) is 1.69. The van der Waals surface area contributed by atoms with Crippen molar-refractivity contribution in [2.24, 2.45) is 0 Å². The second-order valence-corrected chi connectivity index (χ2v) is 3.40. The molecule has 2 aromatic rings. The lowest BCUT2D eigenvalue weighted by molar-refractivity contribution is 0.390. The molecule has 1 atom stereocenters. The summed E-state index contributed by atoms with van der Waals surface area (Å²) < 4.78 is 6.62. The number of aryl methyl sites for hydroxylation is 2. The quantitative estimate of drug-likeness (QED) is 0.770. The standard InChI is InChI=1S/C8H12N6O/c1-4-7(6(3)15-11-4)5(2)14-8(9)10-12-13-14/h5H,1-3H3,(H2,9,10,13). The van der Waals surface area contributed by atoms with Crippen LogP contribution in [0.5, 0.6) is 0 Å². The normalized spacial score (nSPS) is 13.0. The molecule has 2 heterocycles. The Morgan fingerprint density at radius 3 is 2.60 bits per heavy atom. The molecule has 2 N–H and O–H groups in total. The van der Waals surface area contributed by atoms with E-state index >= 15 is 0 Å². The SMILES string of the molecule is Cc1noc(C)c1C(C)n1nnnc1N. The largest absolute Gasteiger partial charge is 0.367 e. The molecule has 1 unspecified atom stereocenters. The molecule has 0 aromatic carbocycles. The van der Waals surface area contributed by atoms with Crippen molar-refractivity contribution >= 4 is 5.95 Å². The van der Waals surface area contributed by atoms with E-state index in [9.17, 15) is 0 Å². The van der Waals surface area contributed by atoms with E-state index in [-0.39, 0.29) is 12.0 Å². The monoisotopic (exact) mass is 208 g/mol. The van der Waals surface area contributed by atoms with Gasteiger partial charge in [-0.05, 0) is 31.2 Å². The summed E-state index contributed by atoms with van der Waals surface area (Å²) in [4.78, 5) is 0. The zero-order valence-corrected chi connectivity index (χ0v) is 8.80. The van der Waals surface area contributed by atoms with Crippen molar-refractivity contribution in [2.45, 2.75) is 26.8 Å². The highest BCUT2D eigenvalue weighted by Crippen LogP contribution is 2.24. The lowest BCUT2D eigenvalue weighted by Gasteiger charge is -2.10. The third kappa shape index (κ3) is 1.45. The molecular weight excluding hydrogens is 196 g/mol. The molecule has 0 aliphatic carbocycles. The number of nitrogen functional groups attached to an aromatic ring is 1. The predicted molar refractivity (Wildman–Crippen MR) is 52.0 cm³/mol. The second kappa shape index (κ2) is 3.34. The van der Waals surface area contributed by atoms with E-state index in [1.54, 1.807) is 0 Å². The van der Waals surface area contributed by atoms with Gasteiger partial charge in [0.05, 0.1) is 11.7 Å². The molecule has 0 saturated carbocycles. The molecule has 2 rings (SSSR count). The van der Waals surface area contributed by atoms with Crippen LogP contribution < -0.4 is 5.73 Å². The Hall–Kier alpha value is -1.92. The van der Waals surface area contributed by atoms with Crippen LogP contribution in [0.3, 0.4) is 0 Å². The minimum Gasteiger partial charge on any atom is -0.367 e. The van der Waals surface area contributed by atoms with Gasteiger partial charge in [0.2, 0.25) is 5.95 Å². The van der Waals surface area contributed by atoms with E-state index in [1.165, 1.54) is 4.68 Å². The number of nitrogens with two attached hydrogens (primary N) is 1. The van der Waals surface area contributed by atoms with Crippen molar-refractivity contribution in [3.63, 3.8) is 0 Å². The van der Waals surface area contributed by atoms with Gasteiger partial charge in [-0.25, -0.2) is 4.68 Å². The molecule has 80 valence electrons. The molecule has 0 spiro atoms. The predicted octanol–water partition coefficient (Wildman–Crippen LogP) is 0.469. The summed E-state index contributed by atoms with van der Waals surface area (Å²) in [5.74, 6) is 1.04. The minimum atomic E-state index is -0.0775. The van der Waals surface area contributed by atoms with Crippen LogP contribution in [0.15, 0.2) is 4.52 Å². The Labute approximate surface area is 86.2 Å². The molecule has 0 saturated heterocycles. The van der Waals surface area contributed by atoms with Crippen LogP contribution in [0.4, 0.5) is 5.95 Å². The van der Waals surface area contributed by atoms with Gasteiger partial charge in [0.25, 0.3) is 0 Å². The van der Waals surface area contributed by atoms with Crippen molar-refractivity contribution in [3.8, 4) is 0 Å². The number of tetrazole rings is 1. The molecular formula is C8H12N6O. The summed E-state index contributed by atoms with van der Waals surface area (Å²) in [5.41, 5.74) is 7.42. The van der Waals surface area contributed by atoms with E-state index in [0.717, 1.165) is 17.0 Å². The van der Waals surface area contributed by atoms with E-state index in [0.29, 0.717) is 0 Å². The van der Waals surface area contributed by atoms with E-state index in [4.69, 9.17) is 10.3 Å². The maximum atomic E-state index is 5.62. The minimum absolute atomic E-state index is 0.0775. The number of aromatic nitrogens is 5. The summed E-state index contributed by atoms with van der Waals surface area (Å²) >= 11 is 0. The molecule has 0 radical (unpaired) electrons. The van der Waals surface area contributed by atoms with Gasteiger partial charge < -0.3 is 10.3 Å². The van der Waals surface area contributed by atoms with Gasteiger partial charge in [-0.2, -0.15) is 0 Å². The maximum absolute atomic E-state index is 5.62. The average Bonchev–Trinajstić information content (AvgIpc) is 2.73. The number of rotatable bonds is 2. The number of hydrogen-bond donors (Lipinski definition) is 1. The van der Waals surface area contributed by atoms with E-state index < -0.39 is 0 Å². The van der Waals surface area contributed by atoms with Crippen LogP contribution in [-0.2, 0) is 0 Å². The maximum Gasteiger partial charge on any atom is 0.240 e. The van der Waals surface area contributed by atoms with Crippen LogP contribution in [0.25, 0.3) is 0 Å². The number of nitrogens with zero attached hydrogens (tertiary/aromatic N) is 5. The van der Waals surface area contributed by atoms with E-state index in [2.05, 4.69) is 20.7 Å². The van der Waals surface area contributed by atoms with Gasteiger partial charge in [-0.3, -0.25) is 0 Å². The van der Waals surface area contributed by atoms with Crippen LogP contribution in [0.2, 0.25) is 0 Å².